The number of anilines is 2. The first-order valence-corrected chi connectivity index (χ1v) is 10.6. The molecule has 2 aliphatic heterocycles. The summed E-state index contributed by atoms with van der Waals surface area (Å²) in [6, 6.07) is 5.87. The van der Waals surface area contributed by atoms with Gasteiger partial charge in [0.15, 0.2) is 0 Å². The Morgan fingerprint density at radius 3 is 2.17 bits per heavy atom. The van der Waals surface area contributed by atoms with Crippen molar-refractivity contribution in [1.82, 2.24) is 4.90 Å². The first-order valence-electron chi connectivity index (χ1n) is 10.6. The molecule has 0 spiro atoms. The molecule has 8 heteroatoms. The summed E-state index contributed by atoms with van der Waals surface area (Å²) in [5.74, 6) is -0.939. The van der Waals surface area contributed by atoms with Crippen LogP contribution < -0.4 is 10.6 Å². The maximum atomic E-state index is 13.0. The number of benzene rings is 1. The van der Waals surface area contributed by atoms with E-state index in [1.165, 1.54) is 0 Å². The van der Waals surface area contributed by atoms with Gasteiger partial charge in [-0.05, 0) is 70.1 Å². The van der Waals surface area contributed by atoms with Gasteiger partial charge in [0.2, 0.25) is 0 Å². The van der Waals surface area contributed by atoms with Crippen LogP contribution in [0.2, 0.25) is 0 Å². The molecule has 1 amide bonds. The van der Waals surface area contributed by atoms with E-state index in [1.807, 2.05) is 43.9 Å². The fourth-order valence-corrected chi connectivity index (χ4v) is 4.26. The summed E-state index contributed by atoms with van der Waals surface area (Å²) in [7, 11) is 0. The Balaban J connectivity index is 1.62. The third kappa shape index (κ3) is 5.52. The minimum Gasteiger partial charge on any atom is -0.444 e. The molecule has 2 saturated heterocycles. The number of carbonyl (C=O) groups excluding carboxylic acids is 1. The number of alkyl halides is 3. The fourth-order valence-electron chi connectivity index (χ4n) is 4.26. The lowest BCUT2D eigenvalue weighted by Crippen LogP contribution is -2.41. The summed E-state index contributed by atoms with van der Waals surface area (Å²) in [5.41, 5.74) is 8.18. The molecule has 168 valence electrons. The molecule has 0 aromatic heterocycles. The van der Waals surface area contributed by atoms with Gasteiger partial charge >= 0.3 is 12.3 Å². The van der Waals surface area contributed by atoms with Gasteiger partial charge in [0.05, 0.1) is 17.3 Å². The number of piperidine rings is 2. The number of hydrogen-bond donors (Lipinski definition) is 1. The minimum absolute atomic E-state index is 0.0987. The molecule has 2 aliphatic rings. The maximum Gasteiger partial charge on any atom is 0.410 e. The molecule has 0 bridgehead atoms. The van der Waals surface area contributed by atoms with E-state index in [0.29, 0.717) is 31.9 Å². The summed E-state index contributed by atoms with van der Waals surface area (Å²) >= 11 is 0. The zero-order chi connectivity index (χ0) is 22.1. The molecule has 0 radical (unpaired) electrons. The van der Waals surface area contributed by atoms with Crippen molar-refractivity contribution < 1.29 is 22.7 Å². The molecule has 0 unspecified atom stereocenters. The van der Waals surface area contributed by atoms with Crippen LogP contribution in [0.3, 0.4) is 0 Å². The second-order valence-corrected chi connectivity index (χ2v) is 9.36. The largest absolute Gasteiger partial charge is 0.444 e. The van der Waals surface area contributed by atoms with Crippen LogP contribution in [0.15, 0.2) is 18.2 Å². The van der Waals surface area contributed by atoms with Crippen LogP contribution in [-0.2, 0) is 4.74 Å². The highest BCUT2D eigenvalue weighted by molar-refractivity contribution is 5.70. The molecule has 2 heterocycles. The highest BCUT2D eigenvalue weighted by Gasteiger charge is 2.41. The van der Waals surface area contributed by atoms with Crippen LogP contribution in [0.4, 0.5) is 29.3 Å². The monoisotopic (exact) mass is 427 g/mol. The number of nitrogens with two attached hydrogens (primary N) is 1. The molecule has 30 heavy (non-hydrogen) atoms. The topological polar surface area (TPSA) is 58.8 Å². The van der Waals surface area contributed by atoms with Crippen LogP contribution in [0.25, 0.3) is 0 Å². The van der Waals surface area contributed by atoms with Crippen LogP contribution in [-0.4, -0.2) is 48.9 Å². The normalized spacial score (nSPS) is 19.8. The third-order valence-corrected chi connectivity index (χ3v) is 5.97. The van der Waals surface area contributed by atoms with E-state index in [2.05, 4.69) is 0 Å². The van der Waals surface area contributed by atoms with Crippen LogP contribution in [0.1, 0.15) is 57.9 Å². The number of likely N-dealkylation sites (tertiary alicyclic amines) is 1. The molecule has 5 nitrogen and oxygen atoms in total. The SMILES string of the molecule is CC(C)(C)OC(=O)N1CCC(c2ccc(N)c(N3CCC(C(F)(F)F)CC3)c2)CC1. The predicted octanol–water partition coefficient (Wildman–Crippen LogP) is 5.16. The number of rotatable bonds is 2. The number of halogens is 3. The van der Waals surface area contributed by atoms with Gasteiger partial charge in [0.1, 0.15) is 5.60 Å². The second kappa shape index (κ2) is 8.55. The number of nitrogen functional groups attached to an aromatic ring is 1. The number of amides is 1. The van der Waals surface area contributed by atoms with E-state index in [4.69, 9.17) is 10.5 Å². The first kappa shape index (κ1) is 22.6. The molecule has 0 aliphatic carbocycles. The average molecular weight is 428 g/mol. The van der Waals surface area contributed by atoms with E-state index in [9.17, 15) is 18.0 Å². The summed E-state index contributed by atoms with van der Waals surface area (Å²) in [5, 5.41) is 0. The van der Waals surface area contributed by atoms with Crippen molar-refractivity contribution in [1.29, 1.82) is 0 Å². The quantitative estimate of drug-likeness (QED) is 0.662. The molecule has 1 aromatic rings. The Labute approximate surface area is 176 Å². The van der Waals surface area contributed by atoms with Crippen LogP contribution >= 0.6 is 0 Å². The number of hydrogen-bond acceptors (Lipinski definition) is 4. The lowest BCUT2D eigenvalue weighted by atomic mass is 9.88. The lowest BCUT2D eigenvalue weighted by Gasteiger charge is -2.36. The van der Waals surface area contributed by atoms with Gasteiger partial charge in [0, 0.05) is 26.2 Å². The summed E-state index contributed by atoms with van der Waals surface area (Å²) in [6.45, 7) is 7.51. The first-order chi connectivity index (χ1) is 13.9. The van der Waals surface area contributed by atoms with Crippen LogP contribution in [0.5, 0.6) is 0 Å². The molecular weight excluding hydrogens is 395 g/mol. The standard InChI is InChI=1S/C22H32F3N3O2/c1-21(2,3)30-20(29)28-10-6-15(7-11-28)16-4-5-18(26)19(14-16)27-12-8-17(9-13-27)22(23,24)25/h4-5,14-15,17H,6-13,26H2,1-3H3. The van der Waals surface area contributed by atoms with Crippen molar-refractivity contribution in [2.75, 3.05) is 36.8 Å². The van der Waals surface area contributed by atoms with Crippen molar-refractivity contribution >= 4 is 17.5 Å². The third-order valence-electron chi connectivity index (χ3n) is 5.97. The fraction of sp³-hybridized carbons (Fsp3) is 0.682. The van der Waals surface area contributed by atoms with Crippen molar-refractivity contribution in [3.05, 3.63) is 23.8 Å². The molecular formula is C22H32F3N3O2. The van der Waals surface area contributed by atoms with E-state index >= 15 is 0 Å². The zero-order valence-corrected chi connectivity index (χ0v) is 18.0. The number of ether oxygens (including phenoxy) is 1. The molecule has 3 rings (SSSR count). The highest BCUT2D eigenvalue weighted by atomic mass is 19.4. The molecule has 2 fully saturated rings. The molecule has 0 atom stereocenters. The van der Waals surface area contributed by atoms with Gasteiger partial charge in [-0.1, -0.05) is 6.07 Å². The van der Waals surface area contributed by atoms with E-state index in [0.717, 1.165) is 24.1 Å². The van der Waals surface area contributed by atoms with Crippen molar-refractivity contribution in [3.63, 3.8) is 0 Å². The average Bonchev–Trinajstić information content (AvgIpc) is 2.67. The molecule has 2 N–H and O–H groups in total. The van der Waals surface area contributed by atoms with Crippen molar-refractivity contribution in [3.8, 4) is 0 Å². The molecule has 1 aromatic carbocycles. The minimum atomic E-state index is -4.12. The Bertz CT molecular complexity index is 745. The van der Waals surface area contributed by atoms with Crippen molar-refractivity contribution in [2.24, 2.45) is 5.92 Å². The van der Waals surface area contributed by atoms with Crippen LogP contribution in [0, 0.1) is 5.92 Å². The maximum absolute atomic E-state index is 13.0. The lowest BCUT2D eigenvalue weighted by molar-refractivity contribution is -0.179. The Morgan fingerprint density at radius 1 is 1.03 bits per heavy atom. The second-order valence-electron chi connectivity index (χ2n) is 9.36. The Kier molecular flexibility index (Phi) is 6.43. The van der Waals surface area contributed by atoms with Gasteiger partial charge in [-0.2, -0.15) is 13.2 Å². The van der Waals surface area contributed by atoms with Gasteiger partial charge in [0.25, 0.3) is 0 Å². The summed E-state index contributed by atoms with van der Waals surface area (Å²) in [4.78, 5) is 16.0. The summed E-state index contributed by atoms with van der Waals surface area (Å²) in [6.07, 6.45) is -2.58. The number of nitrogens with zero attached hydrogens (tertiary/aromatic N) is 2. The smallest absolute Gasteiger partial charge is 0.410 e. The Hall–Kier alpha value is -2.12. The van der Waals surface area contributed by atoms with Crippen molar-refractivity contribution in [2.45, 2.75) is 64.1 Å². The number of carbonyl (C=O) groups is 1. The van der Waals surface area contributed by atoms with Gasteiger partial charge < -0.3 is 20.3 Å². The van der Waals surface area contributed by atoms with E-state index < -0.39 is 17.7 Å². The zero-order valence-electron chi connectivity index (χ0n) is 18.0. The van der Waals surface area contributed by atoms with Gasteiger partial charge in [-0.15, -0.1) is 0 Å². The predicted molar refractivity (Wildman–Crippen MR) is 112 cm³/mol. The highest BCUT2D eigenvalue weighted by Crippen LogP contribution is 2.38. The van der Waals surface area contributed by atoms with E-state index in [1.54, 1.807) is 4.90 Å². The Morgan fingerprint density at radius 2 is 1.63 bits per heavy atom. The van der Waals surface area contributed by atoms with Gasteiger partial charge in [-0.25, -0.2) is 4.79 Å². The van der Waals surface area contributed by atoms with Gasteiger partial charge in [-0.3, -0.25) is 0 Å². The summed E-state index contributed by atoms with van der Waals surface area (Å²) < 4.78 is 44.3. The molecule has 0 saturated carbocycles. The van der Waals surface area contributed by atoms with E-state index in [-0.39, 0.29) is 24.9 Å².